The van der Waals surface area contributed by atoms with Gasteiger partial charge in [0.25, 0.3) is 13.1 Å². The third-order valence-corrected chi connectivity index (χ3v) is 6.86. The highest BCUT2D eigenvalue weighted by Crippen LogP contribution is 2.48. The Bertz CT molecular complexity index is 877. The fourth-order valence-electron chi connectivity index (χ4n) is 2.07. The van der Waals surface area contributed by atoms with Crippen LogP contribution in [0.4, 0.5) is 0 Å². The van der Waals surface area contributed by atoms with Crippen molar-refractivity contribution in [2.45, 2.75) is 20.8 Å². The van der Waals surface area contributed by atoms with Gasteiger partial charge in [-0.25, -0.2) is 4.79 Å². The average molecular weight is 373 g/mol. The van der Waals surface area contributed by atoms with E-state index in [9.17, 15) is 14.5 Å². The maximum Gasteiger partial charge on any atom is 0.338 e. The van der Waals surface area contributed by atoms with Gasteiger partial charge >= 0.3 is 5.97 Å². The fourth-order valence-corrected chi connectivity index (χ4v) is 5.18. The highest BCUT2D eigenvalue weighted by molar-refractivity contribution is 7.55. The number of benzene rings is 1. The number of nitrogens with one attached hydrogen (secondary N) is 1. The first-order chi connectivity index (χ1) is 11.4. The molecule has 0 aliphatic carbocycles. The summed E-state index contributed by atoms with van der Waals surface area (Å²) in [5.74, 6) is -0.457. The minimum Gasteiger partial charge on any atom is -0.462 e. The molecule has 0 amide bonds. The Morgan fingerprint density at radius 2 is 1.88 bits per heavy atom. The lowest BCUT2D eigenvalue weighted by Gasteiger charge is -2.17. The topological polar surface area (TPSA) is 97.8 Å². The van der Waals surface area contributed by atoms with Gasteiger partial charge in [-0.1, -0.05) is 0 Å². The molecule has 9 heteroatoms. The van der Waals surface area contributed by atoms with Gasteiger partial charge in [-0.05, 0) is 39.0 Å². The fraction of sp³-hybridized carbons (Fsp3) is 0.400. The molecular formula is C15H20NO6PS. The van der Waals surface area contributed by atoms with E-state index in [1.807, 2.05) is 0 Å². The second-order valence-corrected chi connectivity index (χ2v) is 8.01. The third-order valence-electron chi connectivity index (χ3n) is 3.00. The molecule has 0 spiro atoms. The molecule has 1 heterocycles. The van der Waals surface area contributed by atoms with Crippen LogP contribution < -0.4 is 5.56 Å². The molecule has 0 saturated heterocycles. The number of ether oxygens (including phenoxy) is 1. The molecule has 0 saturated carbocycles. The third kappa shape index (κ3) is 3.96. The summed E-state index contributed by atoms with van der Waals surface area (Å²) in [5, 5.41) is 0. The molecule has 2 N–H and O–H groups in total. The van der Waals surface area contributed by atoms with Crippen molar-refractivity contribution in [1.29, 1.82) is 0 Å². The molecule has 0 bridgehead atoms. The van der Waals surface area contributed by atoms with Crippen molar-refractivity contribution in [2.24, 2.45) is 0 Å². The zero-order chi connectivity index (χ0) is 17.7. The first-order valence-corrected chi connectivity index (χ1v) is 9.93. The van der Waals surface area contributed by atoms with Crippen molar-refractivity contribution in [3.8, 4) is 0 Å². The van der Waals surface area contributed by atoms with Crippen LogP contribution in [-0.2, 0) is 13.8 Å². The van der Waals surface area contributed by atoms with Gasteiger partial charge in [0.05, 0.1) is 35.6 Å². The van der Waals surface area contributed by atoms with E-state index in [0.717, 1.165) is 11.3 Å². The molecule has 2 aromatic rings. The summed E-state index contributed by atoms with van der Waals surface area (Å²) in [6.45, 7) is 5.87. The largest absolute Gasteiger partial charge is 0.462 e. The van der Waals surface area contributed by atoms with Crippen LogP contribution in [0.3, 0.4) is 0 Å². The average Bonchev–Trinajstić information content (AvgIpc) is 2.54. The SMILES string of the molecule is CCOC(=O)c1ccc2sc(=P(O)(OCC)OCC)c(=O)[nH]c2c1. The normalized spacial score (nSPS) is 11.7. The molecule has 0 aliphatic rings. The number of carbonyl (C=O) groups is 1. The van der Waals surface area contributed by atoms with Crippen molar-refractivity contribution in [3.05, 3.63) is 38.4 Å². The maximum absolute atomic E-state index is 12.4. The van der Waals surface area contributed by atoms with Gasteiger partial charge in [-0.15, -0.1) is 11.3 Å². The number of fused-ring (bicyclic) bond motifs is 1. The summed E-state index contributed by atoms with van der Waals surface area (Å²) < 4.78 is 16.4. The Labute approximate surface area is 143 Å². The highest BCUT2D eigenvalue weighted by Gasteiger charge is 2.20. The number of esters is 1. The van der Waals surface area contributed by atoms with E-state index in [1.165, 1.54) is 0 Å². The summed E-state index contributed by atoms with van der Waals surface area (Å²) in [5.41, 5.74) is 0.338. The Balaban J connectivity index is 2.69. The van der Waals surface area contributed by atoms with Gasteiger partial charge < -0.3 is 23.7 Å². The van der Waals surface area contributed by atoms with E-state index in [2.05, 4.69) is 4.98 Å². The van der Waals surface area contributed by atoms with E-state index in [-0.39, 0.29) is 24.1 Å². The number of hydrogen-bond acceptors (Lipinski definition) is 7. The summed E-state index contributed by atoms with van der Waals surface area (Å²) in [6, 6.07) is 4.85. The zero-order valence-electron chi connectivity index (χ0n) is 13.7. The smallest absolute Gasteiger partial charge is 0.338 e. The molecule has 132 valence electrons. The Morgan fingerprint density at radius 1 is 1.21 bits per heavy atom. The van der Waals surface area contributed by atoms with Crippen molar-refractivity contribution in [1.82, 2.24) is 4.98 Å². The maximum atomic E-state index is 12.4. The van der Waals surface area contributed by atoms with Crippen molar-refractivity contribution >= 4 is 35.1 Å². The number of rotatable bonds is 6. The summed E-state index contributed by atoms with van der Waals surface area (Å²) >= 11 is 1.09. The molecule has 0 radical (unpaired) electrons. The van der Waals surface area contributed by atoms with Crippen molar-refractivity contribution in [2.75, 3.05) is 19.8 Å². The molecule has 0 fully saturated rings. The summed E-state index contributed by atoms with van der Waals surface area (Å²) in [4.78, 5) is 37.5. The quantitative estimate of drug-likeness (QED) is 0.596. The standard InChI is InChI=1S/C15H20NO6PS/c1-4-20-14(18)10-7-8-12-11(9-10)16-13(17)15(24-12)23(19,21-5-2)22-6-3/h7-9,19H,4-6H2,1-3H3,(H,16,17). The molecule has 1 aromatic carbocycles. The first-order valence-electron chi connectivity index (χ1n) is 7.53. The second kappa shape index (κ2) is 8.09. The molecule has 24 heavy (non-hydrogen) atoms. The van der Waals surface area contributed by atoms with Crippen LogP contribution in [0.15, 0.2) is 23.0 Å². The zero-order valence-corrected chi connectivity index (χ0v) is 15.4. The lowest BCUT2D eigenvalue weighted by molar-refractivity contribution is 0.0526. The van der Waals surface area contributed by atoms with Gasteiger partial charge in [0.15, 0.2) is 4.25 Å². The lowest BCUT2D eigenvalue weighted by atomic mass is 10.2. The Kier molecular flexibility index (Phi) is 6.37. The van der Waals surface area contributed by atoms with Gasteiger partial charge in [-0.2, -0.15) is 0 Å². The number of H-pyrrole nitrogens is 1. The highest BCUT2D eigenvalue weighted by atomic mass is 32.1. The first kappa shape index (κ1) is 18.9. The van der Waals surface area contributed by atoms with E-state index < -0.39 is 19.1 Å². The van der Waals surface area contributed by atoms with Crippen LogP contribution in [0.2, 0.25) is 0 Å². The molecule has 7 nitrogen and oxygen atoms in total. The minimum atomic E-state index is -3.42. The van der Waals surface area contributed by atoms with E-state index in [4.69, 9.17) is 13.8 Å². The molecule has 0 aliphatic heterocycles. The summed E-state index contributed by atoms with van der Waals surface area (Å²) in [7, 11) is -3.42. The van der Waals surface area contributed by atoms with Crippen LogP contribution in [0.5, 0.6) is 0 Å². The predicted octanol–water partition coefficient (Wildman–Crippen LogP) is 3.13. The molecule has 0 unspecified atom stereocenters. The van der Waals surface area contributed by atoms with Crippen LogP contribution >= 0.6 is 18.9 Å². The predicted molar refractivity (Wildman–Crippen MR) is 94.0 cm³/mol. The monoisotopic (exact) mass is 373 g/mol. The lowest BCUT2D eigenvalue weighted by Crippen LogP contribution is -2.10. The van der Waals surface area contributed by atoms with Crippen molar-refractivity contribution in [3.63, 3.8) is 0 Å². The molecule has 1 aromatic heterocycles. The molecule has 2 rings (SSSR count). The Hall–Kier alpha value is -1.44. The van der Waals surface area contributed by atoms with E-state index in [0.29, 0.717) is 15.8 Å². The molecule has 0 atom stereocenters. The molecular weight excluding hydrogens is 353 g/mol. The van der Waals surface area contributed by atoms with Gasteiger partial charge in [0.1, 0.15) is 0 Å². The number of carbonyl (C=O) groups excluding carboxylic acids is 1. The van der Waals surface area contributed by atoms with Gasteiger partial charge in [-0.3, -0.25) is 4.79 Å². The number of aromatic nitrogens is 1. The van der Waals surface area contributed by atoms with E-state index >= 15 is 0 Å². The van der Waals surface area contributed by atoms with Crippen LogP contribution in [0.1, 0.15) is 31.1 Å². The van der Waals surface area contributed by atoms with Gasteiger partial charge in [0, 0.05) is 0 Å². The van der Waals surface area contributed by atoms with E-state index in [1.54, 1.807) is 39.0 Å². The number of aromatic amines is 1. The second-order valence-electron chi connectivity index (χ2n) is 4.65. The van der Waals surface area contributed by atoms with Gasteiger partial charge in [0.2, 0.25) is 0 Å². The van der Waals surface area contributed by atoms with Crippen LogP contribution in [0, 0.1) is 4.25 Å². The minimum absolute atomic E-state index is 0.0996. The van der Waals surface area contributed by atoms with Crippen molar-refractivity contribution < 1.29 is 23.5 Å². The van der Waals surface area contributed by atoms with Crippen LogP contribution in [0.25, 0.3) is 10.2 Å². The van der Waals surface area contributed by atoms with Crippen LogP contribution in [-0.4, -0.2) is 35.7 Å². The number of hydrogen-bond donors (Lipinski definition) is 2. The summed E-state index contributed by atoms with van der Waals surface area (Å²) in [6.07, 6.45) is 0. The Morgan fingerprint density at radius 3 is 2.46 bits per heavy atom.